The van der Waals surface area contributed by atoms with Crippen molar-refractivity contribution >= 4 is 11.7 Å². The van der Waals surface area contributed by atoms with Gasteiger partial charge in [0.1, 0.15) is 0 Å². The summed E-state index contributed by atoms with van der Waals surface area (Å²) in [4.78, 5) is 31.5. The van der Waals surface area contributed by atoms with Crippen LogP contribution in [0.15, 0.2) is 18.7 Å². The van der Waals surface area contributed by atoms with Crippen molar-refractivity contribution in [3.8, 4) is 0 Å². The van der Waals surface area contributed by atoms with E-state index < -0.39 is 0 Å². The fourth-order valence-corrected chi connectivity index (χ4v) is 2.85. The van der Waals surface area contributed by atoms with E-state index in [9.17, 15) is 9.59 Å². The van der Waals surface area contributed by atoms with Gasteiger partial charge < -0.3 is 10.3 Å². The predicted molar refractivity (Wildman–Crippen MR) is 90.7 cm³/mol. The quantitative estimate of drug-likeness (QED) is 0.575. The van der Waals surface area contributed by atoms with Crippen molar-refractivity contribution in [3.05, 3.63) is 35.7 Å². The molecule has 6 nitrogen and oxygen atoms in total. The SMILES string of the molecule is C=CCNC(=O)CN1CCN(CC(=O)c2cc(C)[nH]c2C)CC1. The first kappa shape index (κ1) is 17.4. The lowest BCUT2D eigenvalue weighted by Gasteiger charge is -2.33. The minimum atomic E-state index is 0.0212. The van der Waals surface area contributed by atoms with Gasteiger partial charge in [0.25, 0.3) is 0 Å². The van der Waals surface area contributed by atoms with E-state index in [2.05, 4.69) is 26.7 Å². The van der Waals surface area contributed by atoms with E-state index >= 15 is 0 Å². The molecule has 6 heteroatoms. The van der Waals surface area contributed by atoms with Gasteiger partial charge in [0, 0.05) is 49.7 Å². The second kappa shape index (κ2) is 8.08. The number of carbonyl (C=O) groups is 2. The highest BCUT2D eigenvalue weighted by atomic mass is 16.2. The van der Waals surface area contributed by atoms with Crippen molar-refractivity contribution in [2.75, 3.05) is 45.8 Å². The van der Waals surface area contributed by atoms with E-state index in [0.717, 1.165) is 43.1 Å². The molecule has 1 aromatic heterocycles. The van der Waals surface area contributed by atoms with Gasteiger partial charge in [0.2, 0.25) is 5.91 Å². The zero-order chi connectivity index (χ0) is 16.8. The molecule has 0 radical (unpaired) electrons. The fourth-order valence-electron chi connectivity index (χ4n) is 2.85. The molecule has 2 N–H and O–H groups in total. The number of hydrogen-bond acceptors (Lipinski definition) is 4. The van der Waals surface area contributed by atoms with Gasteiger partial charge in [-0.15, -0.1) is 6.58 Å². The monoisotopic (exact) mass is 318 g/mol. The van der Waals surface area contributed by atoms with Crippen molar-refractivity contribution in [3.63, 3.8) is 0 Å². The van der Waals surface area contributed by atoms with Crippen LogP contribution in [-0.4, -0.2) is 72.3 Å². The lowest BCUT2D eigenvalue weighted by Crippen LogP contribution is -2.50. The second-order valence-electron chi connectivity index (χ2n) is 6.06. The normalized spacial score (nSPS) is 16.3. The summed E-state index contributed by atoms with van der Waals surface area (Å²) in [7, 11) is 0. The summed E-state index contributed by atoms with van der Waals surface area (Å²) in [5, 5.41) is 2.78. The predicted octanol–water partition coefficient (Wildman–Crippen LogP) is 0.734. The summed E-state index contributed by atoms with van der Waals surface area (Å²) < 4.78 is 0. The Hall–Kier alpha value is -1.92. The number of aromatic amines is 1. The van der Waals surface area contributed by atoms with Gasteiger partial charge in [-0.25, -0.2) is 0 Å². The minimum absolute atomic E-state index is 0.0212. The maximum absolute atomic E-state index is 12.4. The molecule has 126 valence electrons. The first-order valence-electron chi connectivity index (χ1n) is 8.01. The van der Waals surface area contributed by atoms with Gasteiger partial charge in [-0.1, -0.05) is 6.08 Å². The number of piperazine rings is 1. The molecule has 1 fully saturated rings. The van der Waals surface area contributed by atoms with Gasteiger partial charge in [0.15, 0.2) is 5.78 Å². The Morgan fingerprint density at radius 2 is 1.83 bits per heavy atom. The number of amides is 1. The van der Waals surface area contributed by atoms with Crippen LogP contribution in [-0.2, 0) is 4.79 Å². The van der Waals surface area contributed by atoms with Gasteiger partial charge >= 0.3 is 0 Å². The Kier molecular flexibility index (Phi) is 6.12. The molecule has 0 bridgehead atoms. The van der Waals surface area contributed by atoms with Crippen LogP contribution in [0.25, 0.3) is 0 Å². The molecule has 1 aliphatic heterocycles. The Morgan fingerprint density at radius 3 is 2.35 bits per heavy atom. The molecule has 0 spiro atoms. The van der Waals surface area contributed by atoms with Crippen molar-refractivity contribution < 1.29 is 9.59 Å². The topological polar surface area (TPSA) is 68.4 Å². The van der Waals surface area contributed by atoms with Crippen molar-refractivity contribution in [2.24, 2.45) is 0 Å². The van der Waals surface area contributed by atoms with Crippen LogP contribution in [0.1, 0.15) is 21.7 Å². The third-order valence-corrected chi connectivity index (χ3v) is 4.09. The van der Waals surface area contributed by atoms with Crippen LogP contribution >= 0.6 is 0 Å². The van der Waals surface area contributed by atoms with Crippen molar-refractivity contribution in [1.29, 1.82) is 0 Å². The summed E-state index contributed by atoms with van der Waals surface area (Å²) in [5.41, 5.74) is 2.74. The third kappa shape index (κ3) is 5.04. The molecule has 1 saturated heterocycles. The molecular weight excluding hydrogens is 292 g/mol. The largest absolute Gasteiger partial charge is 0.362 e. The van der Waals surface area contributed by atoms with E-state index in [1.807, 2.05) is 19.9 Å². The Balaban J connectivity index is 1.76. The number of aromatic nitrogens is 1. The average Bonchev–Trinajstić information content (AvgIpc) is 2.86. The molecular formula is C17H26N4O2. The summed E-state index contributed by atoms with van der Waals surface area (Å²) in [6.07, 6.45) is 1.67. The average molecular weight is 318 g/mol. The molecule has 0 saturated carbocycles. The van der Waals surface area contributed by atoms with Crippen molar-refractivity contribution in [1.82, 2.24) is 20.1 Å². The molecule has 0 unspecified atom stereocenters. The number of ketones is 1. The van der Waals surface area contributed by atoms with Crippen LogP contribution in [0.2, 0.25) is 0 Å². The number of nitrogens with zero attached hydrogens (tertiary/aromatic N) is 2. The smallest absolute Gasteiger partial charge is 0.234 e. The Morgan fingerprint density at radius 1 is 1.22 bits per heavy atom. The number of H-pyrrole nitrogens is 1. The van der Waals surface area contributed by atoms with Gasteiger partial charge in [-0.3, -0.25) is 19.4 Å². The van der Waals surface area contributed by atoms with E-state index in [1.165, 1.54) is 0 Å². The molecule has 0 aliphatic carbocycles. The third-order valence-electron chi connectivity index (χ3n) is 4.09. The van der Waals surface area contributed by atoms with Gasteiger partial charge in [-0.05, 0) is 19.9 Å². The van der Waals surface area contributed by atoms with E-state index in [4.69, 9.17) is 0 Å². The number of hydrogen-bond donors (Lipinski definition) is 2. The number of nitrogens with one attached hydrogen (secondary N) is 2. The van der Waals surface area contributed by atoms with Crippen molar-refractivity contribution in [2.45, 2.75) is 13.8 Å². The van der Waals surface area contributed by atoms with Crippen LogP contribution in [0, 0.1) is 13.8 Å². The standard InChI is InChI=1S/C17H26N4O2/c1-4-5-18-17(23)12-21-8-6-20(7-9-21)11-16(22)15-10-13(2)19-14(15)3/h4,10,19H,1,5-9,11-12H2,2-3H3,(H,18,23). The molecule has 1 aliphatic rings. The summed E-state index contributed by atoms with van der Waals surface area (Å²) in [6.45, 7) is 12.0. The van der Waals surface area contributed by atoms with E-state index in [-0.39, 0.29) is 11.7 Å². The molecule has 2 heterocycles. The second-order valence-corrected chi connectivity index (χ2v) is 6.06. The zero-order valence-electron chi connectivity index (χ0n) is 14.0. The molecule has 0 atom stereocenters. The molecule has 23 heavy (non-hydrogen) atoms. The number of Topliss-reactive ketones (excluding diaryl/α,β-unsaturated/α-hetero) is 1. The van der Waals surface area contributed by atoms with Crippen LogP contribution < -0.4 is 5.32 Å². The maximum atomic E-state index is 12.4. The van der Waals surface area contributed by atoms with E-state index in [1.54, 1.807) is 6.08 Å². The van der Waals surface area contributed by atoms with Gasteiger partial charge in [-0.2, -0.15) is 0 Å². The Labute approximate surface area is 137 Å². The van der Waals surface area contributed by atoms with Crippen LogP contribution in [0.5, 0.6) is 0 Å². The molecule has 1 aromatic rings. The highest BCUT2D eigenvalue weighted by Gasteiger charge is 2.21. The molecule has 1 amide bonds. The van der Waals surface area contributed by atoms with Crippen LogP contribution in [0.3, 0.4) is 0 Å². The maximum Gasteiger partial charge on any atom is 0.234 e. The van der Waals surface area contributed by atoms with Crippen LogP contribution in [0.4, 0.5) is 0 Å². The number of rotatable bonds is 7. The summed E-state index contributed by atoms with van der Waals surface area (Å²) in [6, 6.07) is 1.91. The van der Waals surface area contributed by atoms with Gasteiger partial charge in [0.05, 0.1) is 13.1 Å². The lowest BCUT2D eigenvalue weighted by molar-refractivity contribution is -0.122. The zero-order valence-corrected chi connectivity index (χ0v) is 14.0. The lowest BCUT2D eigenvalue weighted by atomic mass is 10.1. The summed E-state index contributed by atoms with van der Waals surface area (Å²) >= 11 is 0. The molecule has 2 rings (SSSR count). The number of carbonyl (C=O) groups excluding carboxylic acids is 2. The first-order chi connectivity index (χ1) is 11.0. The molecule has 0 aromatic carbocycles. The summed E-state index contributed by atoms with van der Waals surface area (Å²) in [5.74, 6) is 0.178. The minimum Gasteiger partial charge on any atom is -0.362 e. The number of aryl methyl sites for hydroxylation is 2. The Bertz CT molecular complexity index is 571. The van der Waals surface area contributed by atoms with E-state index in [0.29, 0.717) is 19.6 Å². The fraction of sp³-hybridized carbons (Fsp3) is 0.529. The highest BCUT2D eigenvalue weighted by Crippen LogP contribution is 2.11. The highest BCUT2D eigenvalue weighted by molar-refractivity contribution is 5.98. The first-order valence-corrected chi connectivity index (χ1v) is 8.01.